The molecule has 34 heavy (non-hydrogen) atoms. The highest BCUT2D eigenvalue weighted by molar-refractivity contribution is 5.99. The first-order valence-electron chi connectivity index (χ1n) is 10.4. The monoisotopic (exact) mass is 458 g/mol. The fourth-order valence-electron chi connectivity index (χ4n) is 3.27. The molecule has 0 aliphatic heterocycles. The van der Waals surface area contributed by atoms with Crippen molar-refractivity contribution in [3.8, 4) is 17.1 Å². The van der Waals surface area contributed by atoms with Crippen molar-refractivity contribution in [2.24, 2.45) is 5.73 Å². The molecule has 1 heterocycles. The van der Waals surface area contributed by atoms with E-state index in [1.54, 1.807) is 37.4 Å². The number of benzene rings is 3. The van der Waals surface area contributed by atoms with Crippen LogP contribution >= 0.6 is 0 Å². The van der Waals surface area contributed by atoms with E-state index in [1.165, 1.54) is 19.1 Å². The summed E-state index contributed by atoms with van der Waals surface area (Å²) in [7, 11) is 1.60. The summed E-state index contributed by atoms with van der Waals surface area (Å²) in [5.41, 5.74) is 8.47. The van der Waals surface area contributed by atoms with Crippen molar-refractivity contribution in [3.05, 3.63) is 77.9 Å². The molecule has 0 saturated carbocycles. The average Bonchev–Trinajstić information content (AvgIpc) is 3.27. The zero-order valence-electron chi connectivity index (χ0n) is 18.5. The van der Waals surface area contributed by atoms with Gasteiger partial charge in [-0.1, -0.05) is 0 Å². The van der Waals surface area contributed by atoms with Crippen LogP contribution in [0.1, 0.15) is 27.6 Å². The Morgan fingerprint density at radius 2 is 1.65 bits per heavy atom. The van der Waals surface area contributed by atoms with Gasteiger partial charge in [-0.15, -0.1) is 0 Å². The van der Waals surface area contributed by atoms with Crippen LogP contribution in [0.15, 0.2) is 66.7 Å². The Morgan fingerprint density at radius 3 is 2.29 bits per heavy atom. The van der Waals surface area contributed by atoms with Crippen molar-refractivity contribution in [1.29, 1.82) is 0 Å². The van der Waals surface area contributed by atoms with Gasteiger partial charge in [-0.2, -0.15) is 0 Å². The summed E-state index contributed by atoms with van der Waals surface area (Å²) in [4.78, 5) is 43.9. The van der Waals surface area contributed by atoms with Crippen molar-refractivity contribution in [1.82, 2.24) is 9.97 Å². The Kier molecular flexibility index (Phi) is 6.26. The molecule has 9 heteroatoms. The van der Waals surface area contributed by atoms with Crippen LogP contribution < -0.4 is 15.8 Å². The van der Waals surface area contributed by atoms with Crippen LogP contribution in [-0.4, -0.2) is 41.0 Å². The number of methoxy groups -OCH3 is 1. The number of aromatic amines is 1. The summed E-state index contributed by atoms with van der Waals surface area (Å²) in [5.74, 6) is -0.326. The molecule has 4 N–H and O–H groups in total. The van der Waals surface area contributed by atoms with Gasteiger partial charge in [0.05, 0.1) is 23.7 Å². The Balaban J connectivity index is 1.43. The molecule has 3 aromatic carbocycles. The average molecular weight is 458 g/mol. The van der Waals surface area contributed by atoms with E-state index >= 15 is 0 Å². The number of H-pyrrole nitrogens is 1. The number of hydrogen-bond acceptors (Lipinski definition) is 6. The maximum atomic E-state index is 12.6. The molecule has 1 atom stereocenters. The van der Waals surface area contributed by atoms with E-state index in [0.717, 1.165) is 11.3 Å². The maximum Gasteiger partial charge on any atom is 0.338 e. The predicted molar refractivity (Wildman–Crippen MR) is 127 cm³/mol. The van der Waals surface area contributed by atoms with Gasteiger partial charge in [0.2, 0.25) is 5.91 Å². The number of rotatable bonds is 7. The lowest BCUT2D eigenvalue weighted by atomic mass is 10.2. The minimum Gasteiger partial charge on any atom is -0.497 e. The van der Waals surface area contributed by atoms with Gasteiger partial charge in [0, 0.05) is 16.8 Å². The number of imidazole rings is 1. The molecule has 172 valence electrons. The number of nitrogens with one attached hydrogen (secondary N) is 2. The van der Waals surface area contributed by atoms with Crippen LogP contribution in [0.25, 0.3) is 22.4 Å². The van der Waals surface area contributed by atoms with E-state index in [2.05, 4.69) is 15.3 Å². The summed E-state index contributed by atoms with van der Waals surface area (Å²) in [6.07, 6.45) is -1.05. The summed E-state index contributed by atoms with van der Waals surface area (Å²) >= 11 is 0. The number of amides is 2. The first-order valence-corrected chi connectivity index (χ1v) is 10.4. The number of anilines is 1. The minimum atomic E-state index is -1.05. The number of nitrogens with zero attached hydrogens (tertiary/aromatic N) is 1. The fraction of sp³-hybridized carbons (Fsp3) is 0.120. The highest BCUT2D eigenvalue weighted by Gasteiger charge is 2.20. The Labute approximate surface area is 194 Å². The van der Waals surface area contributed by atoms with E-state index in [1.807, 2.05) is 24.3 Å². The minimum absolute atomic E-state index is 0.280. The molecule has 9 nitrogen and oxygen atoms in total. The quantitative estimate of drug-likeness (QED) is 0.363. The van der Waals surface area contributed by atoms with Crippen molar-refractivity contribution in [3.63, 3.8) is 0 Å². The van der Waals surface area contributed by atoms with Gasteiger partial charge in [-0.05, 0) is 73.7 Å². The number of carbonyl (C=O) groups excluding carboxylic acids is 3. The van der Waals surface area contributed by atoms with Crippen molar-refractivity contribution < 1.29 is 23.9 Å². The fourth-order valence-corrected chi connectivity index (χ4v) is 3.27. The molecule has 0 aliphatic rings. The van der Waals surface area contributed by atoms with Crippen LogP contribution in [0.2, 0.25) is 0 Å². The largest absolute Gasteiger partial charge is 0.497 e. The van der Waals surface area contributed by atoms with Crippen LogP contribution in [0, 0.1) is 0 Å². The predicted octanol–water partition coefficient (Wildman–Crippen LogP) is 3.52. The van der Waals surface area contributed by atoms with Gasteiger partial charge in [0.15, 0.2) is 6.10 Å². The normalized spacial score (nSPS) is 11.6. The second-order valence-electron chi connectivity index (χ2n) is 7.52. The highest BCUT2D eigenvalue weighted by atomic mass is 16.5. The third-order valence-corrected chi connectivity index (χ3v) is 5.17. The Morgan fingerprint density at radius 1 is 0.971 bits per heavy atom. The smallest absolute Gasteiger partial charge is 0.338 e. The summed E-state index contributed by atoms with van der Waals surface area (Å²) in [5, 5.41) is 2.63. The first kappa shape index (κ1) is 22.5. The van der Waals surface area contributed by atoms with Gasteiger partial charge in [0.25, 0.3) is 5.91 Å². The number of hydrogen-bond donors (Lipinski definition) is 3. The summed E-state index contributed by atoms with van der Waals surface area (Å²) in [6, 6.07) is 18.4. The number of fused-ring (bicyclic) bond motifs is 1. The second kappa shape index (κ2) is 9.45. The number of primary amides is 1. The van der Waals surface area contributed by atoms with Gasteiger partial charge in [0.1, 0.15) is 11.6 Å². The van der Waals surface area contributed by atoms with E-state index in [0.29, 0.717) is 28.1 Å². The lowest BCUT2D eigenvalue weighted by Crippen LogP contribution is -2.30. The summed E-state index contributed by atoms with van der Waals surface area (Å²) < 4.78 is 10.5. The van der Waals surface area contributed by atoms with Crippen molar-refractivity contribution in [2.45, 2.75) is 13.0 Å². The Hall–Kier alpha value is -4.66. The zero-order valence-corrected chi connectivity index (χ0v) is 18.5. The summed E-state index contributed by atoms with van der Waals surface area (Å²) in [6.45, 7) is 1.47. The van der Waals surface area contributed by atoms with Gasteiger partial charge >= 0.3 is 5.97 Å². The number of esters is 1. The number of carbonyl (C=O) groups is 3. The Bertz CT molecular complexity index is 1360. The number of aromatic nitrogens is 2. The lowest BCUT2D eigenvalue weighted by molar-refractivity contribution is -0.123. The van der Waals surface area contributed by atoms with Gasteiger partial charge in [-0.3, -0.25) is 9.59 Å². The molecule has 4 rings (SSSR count). The lowest BCUT2D eigenvalue weighted by Gasteiger charge is -2.13. The molecular weight excluding hydrogens is 436 g/mol. The van der Waals surface area contributed by atoms with Crippen LogP contribution in [0.3, 0.4) is 0 Å². The van der Waals surface area contributed by atoms with E-state index < -0.39 is 23.9 Å². The molecule has 0 aliphatic carbocycles. The highest BCUT2D eigenvalue weighted by Crippen LogP contribution is 2.24. The standard InChI is InChI=1S/C25H22N4O5/c1-14(24(31)27-18-8-3-15(4-9-18)22(26)30)34-25(32)17-7-12-20-21(13-17)29-23(28-20)16-5-10-19(33-2)11-6-16/h3-14H,1-2H3,(H2,26,30)(H,27,31)(H,28,29). The molecule has 0 bridgehead atoms. The van der Waals surface area contributed by atoms with Crippen molar-refractivity contribution in [2.75, 3.05) is 12.4 Å². The number of ether oxygens (including phenoxy) is 2. The zero-order chi connectivity index (χ0) is 24.2. The van der Waals surface area contributed by atoms with Crippen LogP contribution in [-0.2, 0) is 9.53 Å². The topological polar surface area (TPSA) is 136 Å². The maximum absolute atomic E-state index is 12.6. The molecule has 0 spiro atoms. The molecule has 0 saturated heterocycles. The molecular formula is C25H22N4O5. The van der Waals surface area contributed by atoms with E-state index in [9.17, 15) is 14.4 Å². The molecule has 1 unspecified atom stereocenters. The van der Waals surface area contributed by atoms with Gasteiger partial charge in [-0.25, -0.2) is 9.78 Å². The van der Waals surface area contributed by atoms with Crippen LogP contribution in [0.4, 0.5) is 5.69 Å². The number of nitrogens with two attached hydrogens (primary N) is 1. The molecule has 4 aromatic rings. The molecule has 0 fully saturated rings. The van der Waals surface area contributed by atoms with Gasteiger partial charge < -0.3 is 25.5 Å². The first-order chi connectivity index (χ1) is 16.3. The molecule has 0 radical (unpaired) electrons. The van der Waals surface area contributed by atoms with E-state index in [-0.39, 0.29) is 5.56 Å². The van der Waals surface area contributed by atoms with Crippen LogP contribution in [0.5, 0.6) is 5.75 Å². The molecule has 1 aromatic heterocycles. The molecule has 2 amide bonds. The van der Waals surface area contributed by atoms with E-state index in [4.69, 9.17) is 15.2 Å². The third kappa shape index (κ3) is 4.88. The SMILES string of the molecule is COc1ccc(-c2nc3ccc(C(=O)OC(C)C(=O)Nc4ccc(C(N)=O)cc4)cc3[nH]2)cc1. The van der Waals surface area contributed by atoms with Crippen molar-refractivity contribution >= 4 is 34.5 Å². The second-order valence-corrected chi connectivity index (χ2v) is 7.52. The third-order valence-electron chi connectivity index (χ3n) is 5.17.